The maximum absolute atomic E-state index is 12.7. The molecule has 1 saturated heterocycles. The number of ether oxygens (including phenoxy) is 1. The molecule has 2 amide bonds. The Bertz CT molecular complexity index is 865. The minimum atomic E-state index is -0.267. The van der Waals surface area contributed by atoms with Crippen LogP contribution in [0.5, 0.6) is 0 Å². The molecule has 0 spiro atoms. The smallest absolute Gasteiger partial charge is 0.320 e. The first-order valence-electron chi connectivity index (χ1n) is 10.1. The number of amides is 2. The van der Waals surface area contributed by atoms with Crippen molar-refractivity contribution in [2.45, 2.75) is 38.0 Å². The third-order valence-electron chi connectivity index (χ3n) is 5.10. The molecule has 29 heavy (non-hydrogen) atoms. The molecule has 2 heterocycles. The molecule has 0 bridgehead atoms. The number of carbonyl (C=O) groups excluding carboxylic acids is 1. The molecule has 0 saturated carbocycles. The number of rotatable bonds is 6. The Hall–Kier alpha value is -3.12. The second-order valence-electron chi connectivity index (χ2n) is 7.29. The van der Waals surface area contributed by atoms with Crippen LogP contribution in [0.3, 0.4) is 0 Å². The SMILES string of the molecule is O=C(Nc1cnn(CC2CCCCO2)c1)NC(c1ccccc1)c1ccccc1. The van der Waals surface area contributed by atoms with Crippen molar-refractivity contribution in [2.24, 2.45) is 0 Å². The third kappa shape index (κ3) is 5.23. The summed E-state index contributed by atoms with van der Waals surface area (Å²) in [5.74, 6) is 0. The summed E-state index contributed by atoms with van der Waals surface area (Å²) >= 11 is 0. The molecule has 6 heteroatoms. The first kappa shape index (κ1) is 19.2. The molecule has 0 aliphatic carbocycles. The molecule has 4 rings (SSSR count). The van der Waals surface area contributed by atoms with E-state index in [2.05, 4.69) is 15.7 Å². The van der Waals surface area contributed by atoms with E-state index < -0.39 is 0 Å². The lowest BCUT2D eigenvalue weighted by molar-refractivity contribution is 0.00401. The highest BCUT2D eigenvalue weighted by Gasteiger charge is 2.18. The minimum Gasteiger partial charge on any atom is -0.376 e. The molecule has 3 aromatic rings. The quantitative estimate of drug-likeness (QED) is 0.657. The fourth-order valence-electron chi connectivity index (χ4n) is 3.64. The van der Waals surface area contributed by atoms with E-state index in [4.69, 9.17) is 4.74 Å². The zero-order valence-corrected chi connectivity index (χ0v) is 16.3. The van der Waals surface area contributed by atoms with Crippen molar-refractivity contribution in [2.75, 3.05) is 11.9 Å². The number of aromatic nitrogens is 2. The zero-order valence-electron chi connectivity index (χ0n) is 16.3. The summed E-state index contributed by atoms with van der Waals surface area (Å²) in [6.07, 6.45) is 7.09. The van der Waals surface area contributed by atoms with E-state index in [9.17, 15) is 4.79 Å². The fourth-order valence-corrected chi connectivity index (χ4v) is 3.64. The highest BCUT2D eigenvalue weighted by atomic mass is 16.5. The van der Waals surface area contributed by atoms with E-state index in [0.29, 0.717) is 12.2 Å². The highest BCUT2D eigenvalue weighted by Crippen LogP contribution is 2.22. The molecule has 2 N–H and O–H groups in total. The maximum atomic E-state index is 12.7. The molecule has 1 aliphatic rings. The molecular weight excluding hydrogens is 364 g/mol. The molecule has 2 aromatic carbocycles. The third-order valence-corrected chi connectivity index (χ3v) is 5.10. The second-order valence-corrected chi connectivity index (χ2v) is 7.29. The van der Waals surface area contributed by atoms with Gasteiger partial charge in [-0.05, 0) is 30.4 Å². The van der Waals surface area contributed by atoms with Crippen LogP contribution < -0.4 is 10.6 Å². The van der Waals surface area contributed by atoms with Crippen molar-refractivity contribution in [1.29, 1.82) is 0 Å². The van der Waals surface area contributed by atoms with Crippen molar-refractivity contribution in [3.05, 3.63) is 84.2 Å². The van der Waals surface area contributed by atoms with E-state index in [0.717, 1.165) is 30.6 Å². The summed E-state index contributed by atoms with van der Waals surface area (Å²) in [6.45, 7) is 1.53. The van der Waals surface area contributed by atoms with Gasteiger partial charge in [0.15, 0.2) is 0 Å². The van der Waals surface area contributed by atoms with Crippen LogP contribution in [0, 0.1) is 0 Å². The van der Waals surface area contributed by atoms with Gasteiger partial charge in [0.2, 0.25) is 0 Å². The normalized spacial score (nSPS) is 16.5. The molecule has 6 nitrogen and oxygen atoms in total. The van der Waals surface area contributed by atoms with Crippen LogP contribution in [-0.4, -0.2) is 28.5 Å². The van der Waals surface area contributed by atoms with Gasteiger partial charge in [0, 0.05) is 12.8 Å². The van der Waals surface area contributed by atoms with Crippen molar-refractivity contribution in [3.63, 3.8) is 0 Å². The van der Waals surface area contributed by atoms with E-state index in [1.807, 2.05) is 71.5 Å². The molecule has 1 aromatic heterocycles. The van der Waals surface area contributed by atoms with Crippen molar-refractivity contribution < 1.29 is 9.53 Å². The lowest BCUT2D eigenvalue weighted by atomic mass is 9.99. The van der Waals surface area contributed by atoms with Crippen LogP contribution in [-0.2, 0) is 11.3 Å². The summed E-state index contributed by atoms with van der Waals surface area (Å²) < 4.78 is 7.59. The predicted octanol–water partition coefficient (Wildman–Crippen LogP) is 4.36. The zero-order chi connectivity index (χ0) is 19.9. The summed E-state index contributed by atoms with van der Waals surface area (Å²) in [5, 5.41) is 10.3. The first-order chi connectivity index (χ1) is 14.3. The van der Waals surface area contributed by atoms with Gasteiger partial charge in [-0.1, -0.05) is 60.7 Å². The van der Waals surface area contributed by atoms with E-state index in [1.165, 1.54) is 6.42 Å². The number of nitrogens with zero attached hydrogens (tertiary/aromatic N) is 2. The Labute approximate surface area is 170 Å². The Morgan fingerprint density at radius 1 is 1.07 bits per heavy atom. The van der Waals surface area contributed by atoms with Gasteiger partial charge in [-0.3, -0.25) is 4.68 Å². The van der Waals surface area contributed by atoms with E-state index in [1.54, 1.807) is 6.20 Å². The summed E-state index contributed by atoms with van der Waals surface area (Å²) in [6, 6.07) is 19.4. The first-order valence-corrected chi connectivity index (χ1v) is 10.1. The minimum absolute atomic E-state index is 0.200. The van der Waals surface area contributed by atoms with Gasteiger partial charge in [-0.25, -0.2) is 4.79 Å². The second kappa shape index (κ2) is 9.39. The van der Waals surface area contributed by atoms with Gasteiger partial charge in [0.05, 0.1) is 30.6 Å². The molecule has 150 valence electrons. The largest absolute Gasteiger partial charge is 0.376 e. The predicted molar refractivity (Wildman–Crippen MR) is 113 cm³/mol. The number of benzene rings is 2. The number of urea groups is 1. The van der Waals surface area contributed by atoms with Gasteiger partial charge in [0.25, 0.3) is 0 Å². The van der Waals surface area contributed by atoms with E-state index >= 15 is 0 Å². The van der Waals surface area contributed by atoms with Crippen LogP contribution >= 0.6 is 0 Å². The number of anilines is 1. The Balaban J connectivity index is 1.41. The summed E-state index contributed by atoms with van der Waals surface area (Å²) in [4.78, 5) is 12.7. The lowest BCUT2D eigenvalue weighted by Crippen LogP contribution is -2.33. The molecule has 1 fully saturated rings. The number of carbonyl (C=O) groups is 1. The van der Waals surface area contributed by atoms with Gasteiger partial charge in [-0.15, -0.1) is 0 Å². The topological polar surface area (TPSA) is 68.2 Å². The summed E-state index contributed by atoms with van der Waals surface area (Å²) in [7, 11) is 0. The molecule has 1 aliphatic heterocycles. The summed E-state index contributed by atoms with van der Waals surface area (Å²) in [5.41, 5.74) is 2.72. The van der Waals surface area contributed by atoms with Crippen LogP contribution in [0.25, 0.3) is 0 Å². The standard InChI is InChI=1S/C23H26N4O2/c28-23(25-20-15-24-27(16-20)17-21-13-7-8-14-29-21)26-22(18-9-3-1-4-10-18)19-11-5-2-6-12-19/h1-6,9-12,15-16,21-22H,7-8,13-14,17H2,(H2,25,26,28). The number of hydrogen-bond donors (Lipinski definition) is 2. The number of hydrogen-bond acceptors (Lipinski definition) is 3. The average molecular weight is 390 g/mol. The van der Waals surface area contributed by atoms with Crippen molar-refractivity contribution in [1.82, 2.24) is 15.1 Å². The van der Waals surface area contributed by atoms with Gasteiger partial charge < -0.3 is 15.4 Å². The van der Waals surface area contributed by atoms with Gasteiger partial charge >= 0.3 is 6.03 Å². The monoisotopic (exact) mass is 390 g/mol. The number of nitrogens with one attached hydrogen (secondary N) is 2. The van der Waals surface area contributed by atoms with Crippen LogP contribution in [0.2, 0.25) is 0 Å². The highest BCUT2D eigenvalue weighted by molar-refractivity contribution is 5.89. The molecular formula is C23H26N4O2. The molecule has 1 atom stereocenters. The van der Waals surface area contributed by atoms with Crippen LogP contribution in [0.1, 0.15) is 36.4 Å². The molecule has 1 unspecified atom stereocenters. The Morgan fingerprint density at radius 3 is 2.38 bits per heavy atom. The van der Waals surface area contributed by atoms with Gasteiger partial charge in [-0.2, -0.15) is 5.10 Å². The van der Waals surface area contributed by atoms with Crippen molar-refractivity contribution >= 4 is 11.7 Å². The fraction of sp³-hybridized carbons (Fsp3) is 0.304. The van der Waals surface area contributed by atoms with E-state index in [-0.39, 0.29) is 18.2 Å². The van der Waals surface area contributed by atoms with Crippen LogP contribution in [0.4, 0.5) is 10.5 Å². The molecule has 0 radical (unpaired) electrons. The average Bonchev–Trinajstić information content (AvgIpc) is 3.20. The van der Waals surface area contributed by atoms with Gasteiger partial charge in [0.1, 0.15) is 0 Å². The lowest BCUT2D eigenvalue weighted by Gasteiger charge is -2.22. The Kier molecular flexibility index (Phi) is 6.22. The Morgan fingerprint density at radius 2 is 1.76 bits per heavy atom. The van der Waals surface area contributed by atoms with Crippen LogP contribution in [0.15, 0.2) is 73.1 Å². The maximum Gasteiger partial charge on any atom is 0.320 e. The van der Waals surface area contributed by atoms with Crippen molar-refractivity contribution in [3.8, 4) is 0 Å².